The van der Waals surface area contributed by atoms with Gasteiger partial charge in [-0.05, 0) is 41.5 Å². The second kappa shape index (κ2) is 27.9. The molecule has 0 aromatic heterocycles. The number of carbonyl (C=O) groups excluding carboxylic acids is 1. The Morgan fingerprint density at radius 1 is 0.836 bits per heavy atom. The Kier molecular flexibility index (Phi) is 24.2. The fraction of sp³-hybridized carbons (Fsp3) is 0.649. The second-order valence-electron chi connectivity index (χ2n) is 14.5. The molecule has 3 fully saturated rings. The van der Waals surface area contributed by atoms with Crippen molar-refractivity contribution in [1.29, 1.82) is 2.60 Å². The van der Waals surface area contributed by atoms with Gasteiger partial charge in [0.25, 0.3) is 0 Å². The van der Waals surface area contributed by atoms with E-state index in [1.165, 1.54) is 58.3 Å². The summed E-state index contributed by atoms with van der Waals surface area (Å²) in [6.07, 6.45) is -1.66. The van der Waals surface area contributed by atoms with Crippen LogP contribution in [0.1, 0.15) is 60.8 Å². The van der Waals surface area contributed by atoms with Crippen LogP contribution in [0.25, 0.3) is 11.1 Å². The summed E-state index contributed by atoms with van der Waals surface area (Å²) >= 11 is 3.89. The summed E-state index contributed by atoms with van der Waals surface area (Å²) < 4.78 is 43.6. The molecule has 3 saturated heterocycles. The van der Waals surface area contributed by atoms with E-state index in [0.29, 0.717) is 25.9 Å². The molecule has 0 amide bonds. The SMILES string of the molecule is CC(=O)OCC1c2ccccc2-c2ccccc21.C[Si](C)(C)C.[2H]Cl.[2H]OC[C@H]1O[C@@H]([B][B])CC1O.[3H]C.[3H]C.[B][B][C@H]1CC(O)[C@@H](CO)O1.[B][C@H]1CC(O)[C@@H](CO)O1. The maximum Gasteiger partial charge on any atom is 0.302 e. The van der Waals surface area contributed by atoms with E-state index in [1.54, 1.807) is 0 Å². The molecule has 6 N–H and O–H groups in total. The standard InChI is InChI=1S/C16H14O2.2C5H9B2O3.C5H9BO3.C4H12Si.2CH4.ClH/c1-11(17)18-10-16-14-8-4-2-6-12(14)13-7-3-5-9-15(13)16;2*6-7-5-1-3(9)4(2-8)10-5;6-5-1-3(8)4(2-7)9-5;1-5(2,3)4;;;/h2-9,16H,10H2,1H3;2*3-5,8-9H,1-2H2;3-5,7-8H,1-2H2;1-4H3;2*1H4;1H/t;3*3?,4-,5-;;;;/m.111..../s1/i;8D;;;;2*1T;/hD. The summed E-state index contributed by atoms with van der Waals surface area (Å²) in [6.45, 7) is 11.0. The van der Waals surface area contributed by atoms with Crippen LogP contribution in [0.5, 0.6) is 0 Å². The Bertz CT molecular complexity index is 1320. The van der Waals surface area contributed by atoms with Crippen molar-refractivity contribution in [3.63, 3.8) is 0 Å². The van der Waals surface area contributed by atoms with Crippen molar-refractivity contribution >= 4 is 64.0 Å². The van der Waals surface area contributed by atoms with E-state index < -0.39 is 50.7 Å². The molecule has 0 bridgehead atoms. The Balaban J connectivity index is 0. The van der Waals surface area contributed by atoms with Crippen LogP contribution in [-0.2, 0) is 23.7 Å². The number of aliphatic hydroxyl groups is 6. The molecule has 2 aromatic rings. The van der Waals surface area contributed by atoms with Crippen molar-refractivity contribution in [2.24, 2.45) is 0 Å². The number of hydrogen-bond donors (Lipinski definition) is 6. The van der Waals surface area contributed by atoms with Gasteiger partial charge < -0.3 is 49.6 Å². The second-order valence-corrected chi connectivity index (χ2v) is 20.5. The van der Waals surface area contributed by atoms with Crippen LogP contribution in [0.4, 0.5) is 0 Å². The molecule has 302 valence electrons. The van der Waals surface area contributed by atoms with E-state index in [1.807, 2.05) is 24.3 Å². The van der Waals surface area contributed by atoms with Crippen LogP contribution in [0.3, 0.4) is 0 Å². The predicted molar refractivity (Wildman–Crippen MR) is 228 cm³/mol. The van der Waals surface area contributed by atoms with Gasteiger partial charge in [-0.25, -0.2) is 0 Å². The first-order chi connectivity index (χ1) is 28.1. The number of ether oxygens (including phenoxy) is 4. The van der Waals surface area contributed by atoms with E-state index in [-0.39, 0.29) is 43.7 Å². The number of carbonyl (C=O) groups is 1. The average molecular weight is 807 g/mol. The van der Waals surface area contributed by atoms with Crippen molar-refractivity contribution in [1.82, 2.24) is 0 Å². The molecule has 0 spiro atoms. The summed E-state index contributed by atoms with van der Waals surface area (Å²) in [7, 11) is 20.3. The molecule has 9 atom stereocenters. The van der Waals surface area contributed by atoms with Crippen LogP contribution in [0.15, 0.2) is 48.5 Å². The number of hydrogen-bond acceptors (Lipinski definition) is 11. The number of halogens is 1. The van der Waals surface area contributed by atoms with Crippen LogP contribution in [0.2, 0.25) is 26.2 Å². The largest absolute Gasteiger partial charge is 0.465 e. The lowest BCUT2D eigenvalue weighted by atomic mass is 9.51. The van der Waals surface area contributed by atoms with Crippen molar-refractivity contribution in [2.45, 2.75) is 128 Å². The van der Waals surface area contributed by atoms with E-state index >= 15 is 0 Å². The van der Waals surface area contributed by atoms with Crippen molar-refractivity contribution < 1.29 is 57.1 Å². The Labute approximate surface area is 347 Å². The van der Waals surface area contributed by atoms with Gasteiger partial charge in [0.15, 0.2) is 0 Å². The maximum atomic E-state index is 11.0. The van der Waals surface area contributed by atoms with Crippen molar-refractivity contribution in [3.05, 3.63) is 59.7 Å². The van der Waals surface area contributed by atoms with Crippen molar-refractivity contribution in [2.75, 3.05) is 26.4 Å². The third kappa shape index (κ3) is 19.1. The first-order valence-corrected chi connectivity index (χ1v) is 21.5. The number of fused-ring (bicyclic) bond motifs is 3. The zero-order valence-corrected chi connectivity index (χ0v) is 35.0. The number of rotatable bonds is 8. The highest BCUT2D eigenvalue weighted by molar-refractivity contribution is 6.90. The zero-order chi connectivity index (χ0) is 45.7. The lowest BCUT2D eigenvalue weighted by Crippen LogP contribution is -2.24. The molecule has 2 aromatic carbocycles. The molecular formula is C37H62B5ClO11Si. The monoisotopic (exact) mass is 806 g/mol. The van der Waals surface area contributed by atoms with E-state index in [0.717, 1.165) is 0 Å². The molecule has 3 aliphatic heterocycles. The Morgan fingerprint density at radius 2 is 1.22 bits per heavy atom. The maximum absolute atomic E-state index is 11.0. The minimum atomic E-state index is -0.611. The lowest BCUT2D eigenvalue weighted by molar-refractivity contribution is -0.141. The molecule has 8 radical (unpaired) electrons. The minimum Gasteiger partial charge on any atom is -0.465 e. The highest BCUT2D eigenvalue weighted by Gasteiger charge is 2.33. The highest BCUT2D eigenvalue weighted by Crippen LogP contribution is 2.44. The predicted octanol–water partition coefficient (Wildman–Crippen LogP) is 2.12. The molecule has 1 aliphatic carbocycles. The van der Waals surface area contributed by atoms with Crippen LogP contribution in [0, 0.1) is 0 Å². The first-order valence-electron chi connectivity index (χ1n) is 20.3. The van der Waals surface area contributed by atoms with E-state index in [2.05, 4.69) is 67.9 Å². The topological polar surface area (TPSA) is 175 Å². The Hall–Kier alpha value is -1.62. The van der Waals surface area contributed by atoms with E-state index in [9.17, 15) is 9.90 Å². The molecular weight excluding hydrogens is 738 g/mol. The van der Waals surface area contributed by atoms with Gasteiger partial charge in [0.05, 0.1) is 52.5 Å². The molecule has 3 heterocycles. The summed E-state index contributed by atoms with van der Waals surface area (Å²) in [6, 6.07) is 15.8. The summed E-state index contributed by atoms with van der Waals surface area (Å²) in [5, 5.41) is 48.6. The van der Waals surface area contributed by atoms with E-state index in [4.69, 9.17) is 68.0 Å². The van der Waals surface area contributed by atoms with Gasteiger partial charge in [-0.15, -0.1) is 12.3 Å². The average Bonchev–Trinajstić information content (AvgIpc) is 3.98. The third-order valence-corrected chi connectivity index (χ3v) is 8.13. The van der Waals surface area contributed by atoms with Crippen molar-refractivity contribution in [3.8, 4) is 11.1 Å². The van der Waals surface area contributed by atoms with Gasteiger partial charge in [-0.3, -0.25) is 4.79 Å². The number of aliphatic hydroxyl groups excluding tert-OH is 6. The van der Waals surface area contributed by atoms with Crippen LogP contribution >= 0.6 is 12.3 Å². The molecule has 3 unspecified atom stereocenters. The third-order valence-electron chi connectivity index (χ3n) is 8.13. The van der Waals surface area contributed by atoms with Gasteiger partial charge in [-0.2, -0.15) is 0 Å². The smallest absolute Gasteiger partial charge is 0.302 e. The van der Waals surface area contributed by atoms with Gasteiger partial charge in [0, 0.05) is 57.1 Å². The molecule has 11 nitrogen and oxygen atoms in total. The highest BCUT2D eigenvalue weighted by atomic mass is 35.5. The molecule has 4 aliphatic rings. The summed E-state index contributed by atoms with van der Waals surface area (Å²) in [4.78, 5) is 11.0. The van der Waals surface area contributed by atoms with Crippen LogP contribution < -0.4 is 0 Å². The minimum absolute atomic E-state index is 0.0888. The normalized spacial score (nSPS) is 27.6. The fourth-order valence-electron chi connectivity index (χ4n) is 5.65. The molecule has 6 rings (SSSR count). The van der Waals surface area contributed by atoms with Crippen LogP contribution in [-0.4, -0.2) is 166 Å². The van der Waals surface area contributed by atoms with Gasteiger partial charge in [0.2, 0.25) is 1.43 Å². The summed E-state index contributed by atoms with van der Waals surface area (Å²) in [5.74, 6) is -0.0573. The van der Waals surface area contributed by atoms with Gasteiger partial charge in [-0.1, -0.05) is 89.5 Å². The molecule has 55 heavy (non-hydrogen) atoms. The van der Waals surface area contributed by atoms with Gasteiger partial charge >= 0.3 is 5.97 Å². The fourth-order valence-corrected chi connectivity index (χ4v) is 5.65. The number of esters is 1. The molecule has 18 heteroatoms. The molecule has 0 saturated carbocycles. The Morgan fingerprint density at radius 3 is 1.53 bits per heavy atom. The first kappa shape index (κ1) is 47.8. The zero-order valence-electron chi connectivity index (χ0n) is 37.3. The lowest BCUT2D eigenvalue weighted by Gasteiger charge is -2.12. The summed E-state index contributed by atoms with van der Waals surface area (Å²) in [5.41, 5.74) is 5.01. The quantitative estimate of drug-likeness (QED) is 0.170. The van der Waals surface area contributed by atoms with Gasteiger partial charge in [0.1, 0.15) is 33.9 Å². The number of benzene rings is 2.